The Labute approximate surface area is 346 Å². The molecule has 0 aliphatic heterocycles. The Morgan fingerprint density at radius 3 is 1.15 bits per heavy atom. The van der Waals surface area contributed by atoms with Gasteiger partial charge in [0.2, 0.25) is 0 Å². The average molecular weight is 788 g/mol. The molecule has 0 bridgehead atoms. The van der Waals surface area contributed by atoms with E-state index in [0.717, 1.165) is 25.2 Å². The Morgan fingerprint density at radius 2 is 0.818 bits per heavy atom. The molecule has 0 aliphatic carbocycles. The molecule has 0 N–H and O–H groups in total. The summed E-state index contributed by atoms with van der Waals surface area (Å²) in [5.74, 6) is 1.11. The predicted octanol–water partition coefficient (Wildman–Crippen LogP) is 18.2. The molecule has 0 saturated carbocycles. The Hall–Kier alpha value is -0.920. The summed E-state index contributed by atoms with van der Waals surface area (Å²) in [6, 6.07) is 2.33. The van der Waals surface area contributed by atoms with E-state index in [1.807, 2.05) is 0 Å². The number of hydrogen-bond donors (Lipinski definition) is 0. The molecule has 0 saturated heterocycles. The highest BCUT2D eigenvalue weighted by Gasteiger charge is 2.31. The van der Waals surface area contributed by atoms with Gasteiger partial charge < -0.3 is 4.74 Å². The third kappa shape index (κ3) is 26.7. The van der Waals surface area contributed by atoms with Crippen LogP contribution in [-0.4, -0.2) is 6.61 Å². The van der Waals surface area contributed by atoms with Crippen molar-refractivity contribution in [2.45, 2.75) is 285 Å². The first-order valence-corrected chi connectivity index (χ1v) is 25.2. The van der Waals surface area contributed by atoms with E-state index in [1.165, 1.54) is 221 Å². The van der Waals surface area contributed by atoms with Crippen LogP contribution in [0.2, 0.25) is 0 Å². The molecule has 0 radical (unpaired) electrons. The summed E-state index contributed by atoms with van der Waals surface area (Å²) in [6.45, 7) is 19.7. The molecule has 4 heteroatoms. The van der Waals surface area contributed by atoms with Gasteiger partial charge in [-0.2, -0.15) is 0 Å². The van der Waals surface area contributed by atoms with Crippen LogP contribution in [0, 0.1) is 0 Å². The molecule has 55 heavy (non-hydrogen) atoms. The molecule has 1 atom stereocenters. The maximum atomic E-state index is 11.5. The number of hydrogen-bond acceptors (Lipinski definition) is 3. The topological polar surface area (TPSA) is 35.5 Å². The van der Waals surface area contributed by atoms with Gasteiger partial charge in [-0.05, 0) is 51.9 Å². The molecular formula is C51H96O3P+. The highest BCUT2D eigenvalue weighted by atomic mass is 31.1. The fraction of sp³-hybridized carbons (Fsp3) is 0.882. The lowest BCUT2D eigenvalue weighted by molar-refractivity contribution is 0.286. The molecule has 1 unspecified atom stereocenters. The summed E-state index contributed by atoms with van der Waals surface area (Å²) >= 11 is 0. The second-order valence-corrected chi connectivity index (χ2v) is 19.8. The van der Waals surface area contributed by atoms with Crippen molar-refractivity contribution in [1.82, 2.24) is 0 Å². The summed E-state index contributed by atoms with van der Waals surface area (Å²) in [7, 11) is -0.739. The molecule has 1 aromatic rings. The van der Waals surface area contributed by atoms with Crippen LogP contribution >= 0.6 is 8.69 Å². The van der Waals surface area contributed by atoms with Crippen molar-refractivity contribution >= 4 is 8.69 Å². The molecule has 1 rings (SSSR count). The van der Waals surface area contributed by atoms with Gasteiger partial charge in [-0.15, -0.1) is 4.52 Å². The number of benzene rings is 1. The van der Waals surface area contributed by atoms with Gasteiger partial charge in [0.15, 0.2) is 0 Å². The predicted molar refractivity (Wildman–Crippen MR) is 246 cm³/mol. The lowest BCUT2D eigenvalue weighted by Crippen LogP contribution is -2.23. The zero-order valence-electron chi connectivity index (χ0n) is 38.6. The van der Waals surface area contributed by atoms with Crippen LogP contribution in [0.5, 0.6) is 5.75 Å². The summed E-state index contributed by atoms with van der Waals surface area (Å²) in [5, 5.41) is 0. The molecule has 322 valence electrons. The van der Waals surface area contributed by atoms with E-state index in [4.69, 9.17) is 9.26 Å². The normalized spacial score (nSPS) is 12.3. The van der Waals surface area contributed by atoms with Gasteiger partial charge >= 0.3 is 8.69 Å². The van der Waals surface area contributed by atoms with Gasteiger partial charge in [0, 0.05) is 11.1 Å². The molecule has 0 aromatic heterocycles. The first-order chi connectivity index (χ1) is 26.6. The minimum Gasteiger partial charge on any atom is -0.493 e. The summed E-state index contributed by atoms with van der Waals surface area (Å²) < 4.78 is 24.0. The van der Waals surface area contributed by atoms with Gasteiger partial charge in [0.1, 0.15) is 12.4 Å². The van der Waals surface area contributed by atoms with Crippen LogP contribution < -0.4 is 4.74 Å². The largest absolute Gasteiger partial charge is 0.494 e. The summed E-state index contributed by atoms with van der Waals surface area (Å²) in [5.41, 5.74) is 5.07. The van der Waals surface area contributed by atoms with E-state index in [9.17, 15) is 4.57 Å². The Morgan fingerprint density at radius 1 is 0.473 bits per heavy atom. The fourth-order valence-electron chi connectivity index (χ4n) is 8.46. The molecule has 0 aliphatic rings. The number of unbranched alkanes of at least 4 members (excludes halogenated alkanes) is 30. The van der Waals surface area contributed by atoms with Gasteiger partial charge in [0.25, 0.3) is 0 Å². The van der Waals surface area contributed by atoms with Crippen LogP contribution in [0.1, 0.15) is 283 Å². The molecule has 1 aromatic carbocycles. The smallest absolute Gasteiger partial charge is 0.493 e. The molecule has 0 spiro atoms. The molecule has 0 fully saturated rings. The minimum absolute atomic E-state index is 0.0642. The van der Waals surface area contributed by atoms with Crippen molar-refractivity contribution < 1.29 is 13.8 Å². The van der Waals surface area contributed by atoms with E-state index in [2.05, 4.69) is 61.5 Å². The first-order valence-electron chi connectivity index (χ1n) is 24.4. The molecule has 3 nitrogen and oxygen atoms in total. The van der Waals surface area contributed by atoms with Crippen molar-refractivity contribution in [3.8, 4) is 5.75 Å². The van der Waals surface area contributed by atoms with Gasteiger partial charge in [0.05, 0.1) is 6.61 Å². The van der Waals surface area contributed by atoms with E-state index >= 15 is 0 Å². The zero-order chi connectivity index (χ0) is 40.5. The Kier molecular flexibility index (Phi) is 32.2. The number of ether oxygens (including phenoxy) is 1. The number of rotatable bonds is 38. The minimum atomic E-state index is -0.739. The van der Waals surface area contributed by atoms with Crippen molar-refractivity contribution in [3.63, 3.8) is 0 Å². The highest BCUT2D eigenvalue weighted by molar-refractivity contribution is 7.17. The second kappa shape index (κ2) is 34.0. The van der Waals surface area contributed by atoms with Gasteiger partial charge in [-0.1, -0.05) is 248 Å². The highest BCUT2D eigenvalue weighted by Crippen LogP contribution is 2.44. The maximum Gasteiger partial charge on any atom is 0.494 e. The summed E-state index contributed by atoms with van der Waals surface area (Å²) in [6.07, 6.45) is 45.3. The van der Waals surface area contributed by atoms with Crippen molar-refractivity contribution in [2.75, 3.05) is 6.61 Å². The van der Waals surface area contributed by atoms with Crippen LogP contribution in [0.4, 0.5) is 0 Å². The SMILES string of the molecule is CCCCCCCCCCCCCCCCCCOc1c(C(C)(C)C)cc(CO[PH+]=O)c(CCCCCCCCCCCCCCCCCC)c1C(C)(C)C. The van der Waals surface area contributed by atoms with Crippen molar-refractivity contribution in [3.05, 3.63) is 28.3 Å². The maximum absolute atomic E-state index is 11.5. The van der Waals surface area contributed by atoms with Crippen molar-refractivity contribution in [1.29, 1.82) is 0 Å². The standard InChI is InChI=1S/C51H96O3P/c1-9-11-13-15-17-19-21-23-25-27-29-31-33-35-37-39-41-46-45(44-54-55-52)43-47(50(3,4)5)49(48(46)51(6,7)8)53-42-40-38-36-34-32-30-28-26-24-22-20-18-16-14-12-10-2/h43,55H,9-42,44H2,1-8H3/q+1. The molecule has 0 amide bonds. The third-order valence-electron chi connectivity index (χ3n) is 11.8. The van der Waals surface area contributed by atoms with E-state index in [0.29, 0.717) is 6.61 Å². The van der Waals surface area contributed by atoms with Crippen LogP contribution in [0.15, 0.2) is 6.07 Å². The van der Waals surface area contributed by atoms with Crippen LogP contribution in [0.3, 0.4) is 0 Å². The van der Waals surface area contributed by atoms with Gasteiger partial charge in [-0.3, -0.25) is 0 Å². The lowest BCUT2D eigenvalue weighted by Gasteiger charge is -2.33. The van der Waals surface area contributed by atoms with Crippen molar-refractivity contribution in [2.24, 2.45) is 0 Å². The monoisotopic (exact) mass is 788 g/mol. The second-order valence-electron chi connectivity index (χ2n) is 19.3. The summed E-state index contributed by atoms with van der Waals surface area (Å²) in [4.78, 5) is 0. The molecule has 0 heterocycles. The zero-order valence-corrected chi connectivity index (χ0v) is 39.6. The lowest BCUT2D eigenvalue weighted by atomic mass is 9.74. The third-order valence-corrected chi connectivity index (χ3v) is 12.1. The fourth-order valence-corrected chi connectivity index (χ4v) is 8.67. The Balaban J connectivity index is 2.59. The van der Waals surface area contributed by atoms with E-state index in [-0.39, 0.29) is 10.8 Å². The Bertz CT molecular complexity index is 1040. The van der Waals surface area contributed by atoms with E-state index < -0.39 is 8.69 Å². The first kappa shape index (κ1) is 52.1. The quantitative estimate of drug-likeness (QED) is 0.0495. The molecular weight excluding hydrogens is 692 g/mol. The van der Waals surface area contributed by atoms with Crippen LogP contribution in [-0.2, 0) is 32.9 Å². The average Bonchev–Trinajstić information content (AvgIpc) is 3.14. The van der Waals surface area contributed by atoms with Crippen LogP contribution in [0.25, 0.3) is 0 Å². The van der Waals surface area contributed by atoms with E-state index in [1.54, 1.807) is 0 Å². The van der Waals surface area contributed by atoms with Gasteiger partial charge in [-0.25, -0.2) is 0 Å².